The average molecular weight is 482 g/mol. The highest BCUT2D eigenvalue weighted by Gasteiger charge is 2.57. The summed E-state index contributed by atoms with van der Waals surface area (Å²) in [5.41, 5.74) is 7.43. The maximum atomic E-state index is 13.5. The predicted molar refractivity (Wildman–Crippen MR) is 129 cm³/mol. The molecule has 0 spiro atoms. The first-order valence-electron chi connectivity index (χ1n) is 11.8. The largest absolute Gasteiger partial charge is 0.416 e. The molecule has 0 atom stereocenters. The standard InChI is InChI=1S/C25H31N5O5/c1-15(22(31)29(2)25(8-9-25)24-33-13-17(26)14-34-24)18-12-30(10-7-21(18)35-27)23(32)20-11-16-5-3-4-6-19(16)28-20/h3-6,11,17,24,28H,1,7-10,12-14,26-27H2,2H3. The lowest BCUT2D eigenvalue weighted by molar-refractivity contribution is -0.220. The number of fused-ring (bicyclic) bond motifs is 1. The van der Waals surface area contributed by atoms with Gasteiger partial charge in [0.15, 0.2) is 6.29 Å². The summed E-state index contributed by atoms with van der Waals surface area (Å²) in [5.74, 6) is 5.54. The van der Waals surface area contributed by atoms with Crippen LogP contribution in [0.1, 0.15) is 29.8 Å². The van der Waals surface area contributed by atoms with Gasteiger partial charge in [-0.3, -0.25) is 9.59 Å². The molecule has 0 bridgehead atoms. The van der Waals surface area contributed by atoms with Crippen LogP contribution in [0.25, 0.3) is 10.9 Å². The van der Waals surface area contributed by atoms with E-state index in [4.69, 9.17) is 25.9 Å². The molecule has 1 aromatic heterocycles. The second-order valence-electron chi connectivity index (χ2n) is 9.47. The Hall–Kier alpha value is -3.18. The van der Waals surface area contributed by atoms with Crippen LogP contribution in [-0.2, 0) is 19.1 Å². The van der Waals surface area contributed by atoms with Crippen molar-refractivity contribution in [2.75, 3.05) is 33.4 Å². The number of para-hydroxylation sites is 1. The minimum Gasteiger partial charge on any atom is -0.416 e. The molecule has 2 fully saturated rings. The van der Waals surface area contributed by atoms with Crippen molar-refractivity contribution in [3.63, 3.8) is 0 Å². The Morgan fingerprint density at radius 3 is 2.63 bits per heavy atom. The minimum atomic E-state index is -0.557. The Kier molecular flexibility index (Phi) is 6.14. The molecule has 0 radical (unpaired) electrons. The number of nitrogens with two attached hydrogens (primary N) is 2. The summed E-state index contributed by atoms with van der Waals surface area (Å²) >= 11 is 0. The number of carbonyl (C=O) groups is 2. The summed E-state index contributed by atoms with van der Waals surface area (Å²) < 4.78 is 11.6. The van der Waals surface area contributed by atoms with E-state index in [-0.39, 0.29) is 30.0 Å². The third-order valence-corrected chi connectivity index (χ3v) is 7.20. The Morgan fingerprint density at radius 2 is 1.97 bits per heavy atom. The first kappa shape index (κ1) is 23.6. The number of nitrogens with zero attached hydrogens (tertiary/aromatic N) is 2. The second-order valence-corrected chi connectivity index (χ2v) is 9.47. The first-order valence-corrected chi connectivity index (χ1v) is 11.8. The lowest BCUT2D eigenvalue weighted by Gasteiger charge is -2.39. The Morgan fingerprint density at radius 1 is 1.26 bits per heavy atom. The first-order chi connectivity index (χ1) is 16.8. The molecule has 1 aromatic carbocycles. The number of carbonyl (C=O) groups excluding carboxylic acids is 2. The zero-order chi connectivity index (χ0) is 24.7. The minimum absolute atomic E-state index is 0.164. The Labute approximate surface area is 203 Å². The van der Waals surface area contributed by atoms with Crippen LogP contribution < -0.4 is 11.6 Å². The summed E-state index contributed by atoms with van der Waals surface area (Å²) in [7, 11) is 1.72. The van der Waals surface area contributed by atoms with Crippen molar-refractivity contribution < 1.29 is 23.9 Å². The van der Waals surface area contributed by atoms with Gasteiger partial charge in [0.2, 0.25) is 0 Å². The smallest absolute Gasteiger partial charge is 0.270 e. The van der Waals surface area contributed by atoms with Crippen molar-refractivity contribution in [1.82, 2.24) is 14.8 Å². The van der Waals surface area contributed by atoms with Gasteiger partial charge >= 0.3 is 0 Å². The third kappa shape index (κ3) is 4.23. The van der Waals surface area contributed by atoms with Gasteiger partial charge in [-0.15, -0.1) is 0 Å². The number of aromatic amines is 1. The summed E-state index contributed by atoms with van der Waals surface area (Å²) in [4.78, 5) is 38.4. The molecule has 35 heavy (non-hydrogen) atoms. The summed E-state index contributed by atoms with van der Waals surface area (Å²) in [6, 6.07) is 9.36. The van der Waals surface area contributed by atoms with E-state index in [0.717, 1.165) is 23.7 Å². The molecule has 1 aliphatic carbocycles. The van der Waals surface area contributed by atoms with Gasteiger partial charge in [-0.2, -0.15) is 5.90 Å². The van der Waals surface area contributed by atoms with E-state index >= 15 is 0 Å². The number of aromatic nitrogens is 1. The number of likely N-dealkylation sites (N-methyl/N-ethyl adjacent to an activating group) is 1. The molecule has 186 valence electrons. The highest BCUT2D eigenvalue weighted by molar-refractivity contribution is 6.00. The van der Waals surface area contributed by atoms with E-state index in [9.17, 15) is 9.59 Å². The van der Waals surface area contributed by atoms with Crippen molar-refractivity contribution in [2.45, 2.75) is 37.1 Å². The number of rotatable bonds is 6. The highest BCUT2D eigenvalue weighted by atomic mass is 16.7. The number of nitrogens with one attached hydrogen (secondary N) is 1. The SMILES string of the molecule is C=C(C(=O)N(C)C1(C2OCC(N)CO2)CC1)C1=C(ON)CCN(C(=O)c2cc3ccccc3[nH]2)C1. The van der Waals surface area contributed by atoms with Crippen LogP contribution in [0.15, 0.2) is 53.8 Å². The Bertz CT molecular complexity index is 1160. The number of hydrogen-bond donors (Lipinski definition) is 3. The van der Waals surface area contributed by atoms with E-state index in [1.54, 1.807) is 16.8 Å². The predicted octanol–water partition coefficient (Wildman–Crippen LogP) is 1.41. The monoisotopic (exact) mass is 481 g/mol. The lowest BCUT2D eigenvalue weighted by atomic mass is 9.98. The van der Waals surface area contributed by atoms with E-state index in [2.05, 4.69) is 11.6 Å². The molecule has 2 aromatic rings. The summed E-state index contributed by atoms with van der Waals surface area (Å²) in [6.07, 6.45) is 1.36. The highest BCUT2D eigenvalue weighted by Crippen LogP contribution is 2.47. The third-order valence-electron chi connectivity index (χ3n) is 7.20. The van der Waals surface area contributed by atoms with Crippen molar-refractivity contribution in [3.8, 4) is 0 Å². The average Bonchev–Trinajstić information content (AvgIpc) is 3.58. The normalized spacial score (nSPS) is 23.8. The fraction of sp³-hybridized carbons (Fsp3) is 0.440. The van der Waals surface area contributed by atoms with E-state index < -0.39 is 11.8 Å². The molecular weight excluding hydrogens is 450 g/mol. The molecule has 5 rings (SSSR count). The molecule has 10 heteroatoms. The fourth-order valence-electron chi connectivity index (χ4n) is 4.89. The summed E-state index contributed by atoms with van der Waals surface area (Å²) in [6.45, 7) is 5.41. The van der Waals surface area contributed by atoms with Crippen molar-refractivity contribution >= 4 is 22.7 Å². The molecule has 3 heterocycles. The molecule has 0 unspecified atom stereocenters. The molecule has 10 nitrogen and oxygen atoms in total. The zero-order valence-corrected chi connectivity index (χ0v) is 19.8. The fourth-order valence-corrected chi connectivity index (χ4v) is 4.89. The van der Waals surface area contributed by atoms with Crippen LogP contribution in [0.5, 0.6) is 0 Å². The molecule has 2 aliphatic heterocycles. The molecular formula is C25H31N5O5. The van der Waals surface area contributed by atoms with E-state index in [1.807, 2.05) is 30.3 Å². The number of ether oxygens (including phenoxy) is 2. The van der Waals surface area contributed by atoms with E-state index in [1.165, 1.54) is 0 Å². The van der Waals surface area contributed by atoms with E-state index in [0.29, 0.717) is 43.2 Å². The second kappa shape index (κ2) is 9.12. The Balaban J connectivity index is 1.32. The van der Waals surface area contributed by atoms with Crippen LogP contribution in [-0.4, -0.2) is 77.8 Å². The zero-order valence-electron chi connectivity index (χ0n) is 19.8. The van der Waals surface area contributed by atoms with Gasteiger partial charge < -0.3 is 34.8 Å². The van der Waals surface area contributed by atoms with Crippen molar-refractivity contribution in [1.29, 1.82) is 0 Å². The quantitative estimate of drug-likeness (QED) is 0.419. The van der Waals surface area contributed by atoms with Gasteiger partial charge in [0.05, 0.1) is 31.3 Å². The van der Waals surface area contributed by atoms with Gasteiger partial charge in [-0.1, -0.05) is 24.8 Å². The van der Waals surface area contributed by atoms with Crippen LogP contribution in [0.2, 0.25) is 0 Å². The molecule has 2 amide bonds. The number of H-pyrrole nitrogens is 1. The van der Waals surface area contributed by atoms with Gasteiger partial charge in [0.1, 0.15) is 11.5 Å². The van der Waals surface area contributed by atoms with Gasteiger partial charge in [0.25, 0.3) is 11.8 Å². The molecule has 5 N–H and O–H groups in total. The lowest BCUT2D eigenvalue weighted by Crippen LogP contribution is -2.54. The van der Waals surface area contributed by atoms with Crippen LogP contribution in [0.4, 0.5) is 0 Å². The van der Waals surface area contributed by atoms with Crippen LogP contribution in [0.3, 0.4) is 0 Å². The van der Waals surface area contributed by atoms with Crippen LogP contribution in [0, 0.1) is 0 Å². The molecule has 3 aliphatic rings. The van der Waals surface area contributed by atoms with Gasteiger partial charge in [-0.25, -0.2) is 0 Å². The maximum absolute atomic E-state index is 13.5. The van der Waals surface area contributed by atoms with Gasteiger partial charge in [-0.05, 0) is 25.0 Å². The van der Waals surface area contributed by atoms with Crippen LogP contribution >= 0.6 is 0 Å². The molecule has 1 saturated heterocycles. The summed E-state index contributed by atoms with van der Waals surface area (Å²) in [5, 5.41) is 0.957. The topological polar surface area (TPSA) is 136 Å². The number of hydrogen-bond acceptors (Lipinski definition) is 7. The van der Waals surface area contributed by atoms with Crippen molar-refractivity contribution in [2.24, 2.45) is 11.6 Å². The number of amides is 2. The molecule has 1 saturated carbocycles. The van der Waals surface area contributed by atoms with Gasteiger partial charge in [0, 0.05) is 42.1 Å². The van der Waals surface area contributed by atoms with Crippen molar-refractivity contribution in [3.05, 3.63) is 59.5 Å². The number of benzene rings is 1. The maximum Gasteiger partial charge on any atom is 0.270 e.